The smallest absolute Gasteiger partial charge is 0.160 e. The Kier molecular flexibility index (Phi) is 3.17. The summed E-state index contributed by atoms with van der Waals surface area (Å²) in [6, 6.07) is 9.81. The lowest BCUT2D eigenvalue weighted by molar-refractivity contribution is 0.748. The third kappa shape index (κ3) is 2.31. The summed E-state index contributed by atoms with van der Waals surface area (Å²) in [6.45, 7) is 2.62. The average Bonchev–Trinajstić information content (AvgIpc) is 2.77. The van der Waals surface area contributed by atoms with Crippen molar-refractivity contribution >= 4 is 22.8 Å². The van der Waals surface area contributed by atoms with Crippen molar-refractivity contribution in [3.63, 3.8) is 0 Å². The van der Waals surface area contributed by atoms with Crippen LogP contribution in [-0.4, -0.2) is 19.5 Å². The van der Waals surface area contributed by atoms with Gasteiger partial charge < -0.3 is 4.57 Å². The number of halogens is 1. The third-order valence-corrected chi connectivity index (χ3v) is 3.21. The van der Waals surface area contributed by atoms with Gasteiger partial charge in [-0.05, 0) is 31.2 Å². The number of pyridine rings is 2. The van der Waals surface area contributed by atoms with Crippen LogP contribution in [0.3, 0.4) is 0 Å². The minimum absolute atomic E-state index is 0.363. The molecule has 4 nitrogen and oxygen atoms in total. The first kappa shape index (κ1) is 12.1. The molecule has 0 fully saturated rings. The van der Waals surface area contributed by atoms with E-state index in [2.05, 4.69) is 15.0 Å². The maximum Gasteiger partial charge on any atom is 0.160 e. The summed E-state index contributed by atoms with van der Waals surface area (Å²) in [5.74, 6) is 1.18. The number of hydrogen-bond acceptors (Lipinski definition) is 3. The summed E-state index contributed by atoms with van der Waals surface area (Å²) in [7, 11) is 0. The van der Waals surface area contributed by atoms with Crippen molar-refractivity contribution in [2.24, 2.45) is 0 Å². The number of hydrogen-bond donors (Lipinski definition) is 0. The molecular formula is C14H13ClN4. The molecule has 0 aliphatic rings. The second-order valence-corrected chi connectivity index (χ2v) is 4.63. The van der Waals surface area contributed by atoms with Gasteiger partial charge in [0.2, 0.25) is 0 Å². The standard InChI is InChI=1S/C14H13ClN4/c1-10-4-2-5-11(17-10)9-19-13(8-15)18-12-6-3-7-16-14(12)19/h2-7H,8-9H2,1H3. The predicted octanol–water partition coefficient (Wildman–Crippen LogP) is 2.92. The summed E-state index contributed by atoms with van der Waals surface area (Å²) >= 11 is 5.97. The molecule has 0 spiro atoms. The summed E-state index contributed by atoms with van der Waals surface area (Å²) in [6.07, 6.45) is 1.77. The number of aryl methyl sites for hydroxylation is 1. The molecule has 3 heterocycles. The molecule has 0 atom stereocenters. The van der Waals surface area contributed by atoms with Gasteiger partial charge >= 0.3 is 0 Å². The van der Waals surface area contributed by atoms with Crippen LogP contribution in [0.5, 0.6) is 0 Å². The number of alkyl halides is 1. The van der Waals surface area contributed by atoms with Crippen molar-refractivity contribution in [3.8, 4) is 0 Å². The van der Waals surface area contributed by atoms with Crippen LogP contribution in [0.4, 0.5) is 0 Å². The first-order chi connectivity index (χ1) is 9.28. The van der Waals surface area contributed by atoms with E-state index < -0.39 is 0 Å². The van der Waals surface area contributed by atoms with E-state index in [4.69, 9.17) is 11.6 Å². The zero-order valence-corrected chi connectivity index (χ0v) is 11.3. The summed E-state index contributed by atoms with van der Waals surface area (Å²) in [4.78, 5) is 13.4. The van der Waals surface area contributed by atoms with E-state index in [1.165, 1.54) is 0 Å². The minimum Gasteiger partial charge on any atom is -0.306 e. The molecule has 5 heteroatoms. The highest BCUT2D eigenvalue weighted by Crippen LogP contribution is 2.16. The van der Waals surface area contributed by atoms with Gasteiger partial charge in [-0.1, -0.05) is 6.07 Å². The van der Waals surface area contributed by atoms with E-state index in [1.54, 1.807) is 6.20 Å². The maximum atomic E-state index is 5.97. The summed E-state index contributed by atoms with van der Waals surface area (Å²) in [5, 5.41) is 0. The Labute approximate surface area is 116 Å². The SMILES string of the molecule is Cc1cccc(Cn2c(CCl)nc3cccnc32)n1. The van der Waals surface area contributed by atoms with Crippen molar-refractivity contribution in [3.05, 3.63) is 53.7 Å². The van der Waals surface area contributed by atoms with Crippen LogP contribution < -0.4 is 0 Å². The second kappa shape index (κ2) is 4.97. The van der Waals surface area contributed by atoms with Crippen LogP contribution in [0.15, 0.2) is 36.5 Å². The Bertz CT molecular complexity index is 720. The molecule has 96 valence electrons. The second-order valence-electron chi connectivity index (χ2n) is 4.36. The molecule has 0 amide bonds. The van der Waals surface area contributed by atoms with Crippen LogP contribution in [0.1, 0.15) is 17.2 Å². The molecule has 0 unspecified atom stereocenters. The van der Waals surface area contributed by atoms with Crippen LogP contribution in [0, 0.1) is 6.92 Å². The van der Waals surface area contributed by atoms with E-state index in [9.17, 15) is 0 Å². The van der Waals surface area contributed by atoms with Gasteiger partial charge in [-0.25, -0.2) is 9.97 Å². The van der Waals surface area contributed by atoms with Crippen LogP contribution in [0.25, 0.3) is 11.2 Å². The van der Waals surface area contributed by atoms with Gasteiger partial charge in [0.05, 0.1) is 18.1 Å². The zero-order chi connectivity index (χ0) is 13.2. The molecule has 3 aromatic heterocycles. The van der Waals surface area contributed by atoms with Gasteiger partial charge in [0.15, 0.2) is 5.65 Å². The Hall–Kier alpha value is -1.94. The molecule has 0 aliphatic carbocycles. The molecule has 0 saturated carbocycles. The molecule has 3 rings (SSSR count). The molecule has 0 saturated heterocycles. The van der Waals surface area contributed by atoms with Crippen molar-refractivity contribution in [1.82, 2.24) is 19.5 Å². The molecule has 0 aliphatic heterocycles. The summed E-state index contributed by atoms with van der Waals surface area (Å²) < 4.78 is 2.02. The fourth-order valence-electron chi connectivity index (χ4n) is 2.12. The van der Waals surface area contributed by atoms with Gasteiger partial charge in [0.1, 0.15) is 11.3 Å². The summed E-state index contributed by atoms with van der Waals surface area (Å²) in [5.41, 5.74) is 3.70. The lowest BCUT2D eigenvalue weighted by atomic mass is 10.3. The Morgan fingerprint density at radius 3 is 2.84 bits per heavy atom. The highest BCUT2D eigenvalue weighted by molar-refractivity contribution is 6.16. The quantitative estimate of drug-likeness (QED) is 0.689. The van der Waals surface area contributed by atoms with Crippen molar-refractivity contribution in [2.45, 2.75) is 19.3 Å². The monoisotopic (exact) mass is 272 g/mol. The minimum atomic E-state index is 0.363. The molecule has 0 N–H and O–H groups in total. The van der Waals surface area contributed by atoms with E-state index >= 15 is 0 Å². The van der Waals surface area contributed by atoms with Crippen LogP contribution in [0.2, 0.25) is 0 Å². The van der Waals surface area contributed by atoms with E-state index in [1.807, 2.05) is 41.8 Å². The van der Waals surface area contributed by atoms with Gasteiger partial charge in [0, 0.05) is 11.9 Å². The lowest BCUT2D eigenvalue weighted by Crippen LogP contribution is -2.06. The fraction of sp³-hybridized carbons (Fsp3) is 0.214. The molecule has 0 bridgehead atoms. The lowest BCUT2D eigenvalue weighted by Gasteiger charge is -2.07. The van der Waals surface area contributed by atoms with Gasteiger partial charge in [0.25, 0.3) is 0 Å². The first-order valence-corrected chi connectivity index (χ1v) is 6.60. The maximum absolute atomic E-state index is 5.97. The van der Waals surface area contributed by atoms with E-state index in [-0.39, 0.29) is 0 Å². The molecule has 19 heavy (non-hydrogen) atoms. The van der Waals surface area contributed by atoms with Gasteiger partial charge in [-0.15, -0.1) is 11.6 Å². The van der Waals surface area contributed by atoms with Gasteiger partial charge in [-0.3, -0.25) is 4.98 Å². The Balaban J connectivity index is 2.08. The highest BCUT2D eigenvalue weighted by atomic mass is 35.5. The van der Waals surface area contributed by atoms with Crippen molar-refractivity contribution in [1.29, 1.82) is 0 Å². The highest BCUT2D eigenvalue weighted by Gasteiger charge is 2.11. The van der Waals surface area contributed by atoms with Crippen molar-refractivity contribution < 1.29 is 0 Å². The molecule has 0 aromatic carbocycles. The van der Waals surface area contributed by atoms with Crippen molar-refractivity contribution in [2.75, 3.05) is 0 Å². The first-order valence-electron chi connectivity index (χ1n) is 6.06. The topological polar surface area (TPSA) is 43.6 Å². The van der Waals surface area contributed by atoms with Crippen LogP contribution in [-0.2, 0) is 12.4 Å². The molecular weight excluding hydrogens is 260 g/mol. The number of aromatic nitrogens is 4. The third-order valence-electron chi connectivity index (χ3n) is 2.97. The number of fused-ring (bicyclic) bond motifs is 1. The van der Waals surface area contributed by atoms with E-state index in [0.29, 0.717) is 12.4 Å². The zero-order valence-electron chi connectivity index (χ0n) is 10.5. The largest absolute Gasteiger partial charge is 0.306 e. The normalized spacial score (nSPS) is 11.1. The Morgan fingerprint density at radius 1 is 1.16 bits per heavy atom. The van der Waals surface area contributed by atoms with Gasteiger partial charge in [-0.2, -0.15) is 0 Å². The average molecular weight is 273 g/mol. The molecule has 0 radical (unpaired) electrons. The number of imidazole rings is 1. The number of rotatable bonds is 3. The fourth-order valence-corrected chi connectivity index (χ4v) is 2.33. The van der Waals surface area contributed by atoms with Crippen LogP contribution >= 0.6 is 11.6 Å². The van der Waals surface area contributed by atoms with E-state index in [0.717, 1.165) is 28.4 Å². The number of nitrogens with zero attached hydrogens (tertiary/aromatic N) is 4. The molecule has 3 aromatic rings. The Morgan fingerprint density at radius 2 is 2.05 bits per heavy atom. The predicted molar refractivity (Wildman–Crippen MR) is 75.2 cm³/mol.